The number of alkyl halides is 3. The van der Waals surface area contributed by atoms with Crippen LogP contribution in [0.1, 0.15) is 48.6 Å². The van der Waals surface area contributed by atoms with Crippen molar-refractivity contribution in [1.29, 1.82) is 0 Å². The van der Waals surface area contributed by atoms with Crippen molar-refractivity contribution in [3.05, 3.63) is 11.9 Å². The third-order valence-corrected chi connectivity index (χ3v) is 4.54. The van der Waals surface area contributed by atoms with E-state index in [9.17, 15) is 18.0 Å². The highest BCUT2D eigenvalue weighted by atomic mass is 35.5. The molecule has 1 aliphatic heterocycles. The average molecular weight is 382 g/mol. The Labute approximate surface area is 150 Å². The van der Waals surface area contributed by atoms with Crippen molar-refractivity contribution >= 4 is 18.3 Å². The van der Waals surface area contributed by atoms with Gasteiger partial charge in [0.15, 0.2) is 5.69 Å². The molecular weight excluding hydrogens is 359 g/mol. The zero-order valence-corrected chi connectivity index (χ0v) is 14.7. The van der Waals surface area contributed by atoms with Crippen molar-refractivity contribution in [2.45, 2.75) is 44.3 Å². The van der Waals surface area contributed by atoms with E-state index in [1.165, 1.54) is 4.90 Å². The molecule has 0 spiro atoms. The molecule has 0 unspecified atom stereocenters. The fourth-order valence-corrected chi connectivity index (χ4v) is 2.94. The SMILES string of the molecule is Cl.O=C(c1cn(C2CCNCC2)nn1)N(CCC(F)(F)F)CC1CC1. The number of halogens is 4. The Morgan fingerprint density at radius 1 is 1.28 bits per heavy atom. The maximum atomic E-state index is 12.6. The van der Waals surface area contributed by atoms with E-state index in [2.05, 4.69) is 15.6 Å². The Balaban J connectivity index is 0.00000225. The average Bonchev–Trinajstić information content (AvgIpc) is 3.23. The highest BCUT2D eigenvalue weighted by Crippen LogP contribution is 2.31. The van der Waals surface area contributed by atoms with E-state index in [0.29, 0.717) is 12.5 Å². The molecule has 1 aromatic heterocycles. The molecule has 10 heteroatoms. The molecule has 1 amide bonds. The second-order valence-corrected chi connectivity index (χ2v) is 6.62. The number of rotatable bonds is 6. The Bertz CT molecular complexity index is 570. The van der Waals surface area contributed by atoms with E-state index in [4.69, 9.17) is 0 Å². The van der Waals surface area contributed by atoms with E-state index in [1.54, 1.807) is 10.9 Å². The molecule has 3 rings (SSSR count). The van der Waals surface area contributed by atoms with Crippen LogP contribution in [0.15, 0.2) is 6.20 Å². The summed E-state index contributed by atoms with van der Waals surface area (Å²) in [5, 5.41) is 11.2. The Hall–Kier alpha value is -1.35. The van der Waals surface area contributed by atoms with Crippen LogP contribution in [-0.2, 0) is 0 Å². The van der Waals surface area contributed by atoms with E-state index in [-0.39, 0.29) is 30.7 Å². The highest BCUT2D eigenvalue weighted by molar-refractivity contribution is 5.92. The fourth-order valence-electron chi connectivity index (χ4n) is 2.94. The summed E-state index contributed by atoms with van der Waals surface area (Å²) < 4.78 is 39.2. The van der Waals surface area contributed by atoms with Gasteiger partial charge in [0.2, 0.25) is 0 Å². The van der Waals surface area contributed by atoms with Gasteiger partial charge in [-0.05, 0) is 44.7 Å². The molecular formula is C15H23ClF3N5O. The number of amides is 1. The van der Waals surface area contributed by atoms with E-state index in [1.807, 2.05) is 0 Å². The lowest BCUT2D eigenvalue weighted by Gasteiger charge is -2.23. The Morgan fingerprint density at radius 2 is 1.96 bits per heavy atom. The quantitative estimate of drug-likeness (QED) is 0.822. The molecule has 1 aliphatic carbocycles. The van der Waals surface area contributed by atoms with Gasteiger partial charge in [-0.25, -0.2) is 4.68 Å². The number of carbonyl (C=O) groups is 1. The van der Waals surface area contributed by atoms with Gasteiger partial charge in [0, 0.05) is 13.1 Å². The topological polar surface area (TPSA) is 63.1 Å². The van der Waals surface area contributed by atoms with Gasteiger partial charge >= 0.3 is 6.18 Å². The van der Waals surface area contributed by atoms with Gasteiger partial charge in [-0.3, -0.25) is 4.79 Å². The molecule has 2 fully saturated rings. The fraction of sp³-hybridized carbons (Fsp3) is 0.800. The van der Waals surface area contributed by atoms with Gasteiger partial charge in [-0.15, -0.1) is 17.5 Å². The van der Waals surface area contributed by atoms with Gasteiger partial charge in [-0.2, -0.15) is 13.2 Å². The zero-order valence-electron chi connectivity index (χ0n) is 13.8. The largest absolute Gasteiger partial charge is 0.390 e. The van der Waals surface area contributed by atoms with Crippen molar-refractivity contribution in [1.82, 2.24) is 25.2 Å². The van der Waals surface area contributed by atoms with Crippen LogP contribution in [-0.4, -0.2) is 58.2 Å². The van der Waals surface area contributed by atoms with Crippen molar-refractivity contribution in [3.8, 4) is 0 Å². The van der Waals surface area contributed by atoms with Crippen LogP contribution in [0.4, 0.5) is 13.2 Å². The van der Waals surface area contributed by atoms with Crippen LogP contribution >= 0.6 is 12.4 Å². The summed E-state index contributed by atoms with van der Waals surface area (Å²) >= 11 is 0. The van der Waals surface area contributed by atoms with Gasteiger partial charge < -0.3 is 10.2 Å². The summed E-state index contributed by atoms with van der Waals surface area (Å²) in [4.78, 5) is 13.8. The minimum absolute atomic E-state index is 0. The van der Waals surface area contributed by atoms with E-state index < -0.39 is 18.5 Å². The molecule has 1 N–H and O–H groups in total. The standard InChI is InChI=1S/C15H22F3N5O.ClH/c16-15(17,18)5-8-22(9-11-1-2-11)14(24)13-10-23(21-20-13)12-3-6-19-7-4-12;/h10-12,19H,1-9H2;1H. The van der Waals surface area contributed by atoms with Crippen molar-refractivity contribution in [3.63, 3.8) is 0 Å². The minimum atomic E-state index is -4.27. The second-order valence-electron chi connectivity index (χ2n) is 6.62. The summed E-state index contributed by atoms with van der Waals surface area (Å²) in [6.45, 7) is 1.81. The smallest absolute Gasteiger partial charge is 0.337 e. The predicted molar refractivity (Wildman–Crippen MR) is 87.7 cm³/mol. The van der Waals surface area contributed by atoms with Crippen molar-refractivity contribution in [2.75, 3.05) is 26.2 Å². The number of nitrogens with one attached hydrogen (secondary N) is 1. The molecule has 0 atom stereocenters. The number of nitrogens with zero attached hydrogens (tertiary/aromatic N) is 4. The molecule has 2 aliphatic rings. The molecule has 1 saturated carbocycles. The Morgan fingerprint density at radius 3 is 2.56 bits per heavy atom. The first kappa shape index (κ1) is 20.0. The summed E-state index contributed by atoms with van der Waals surface area (Å²) in [7, 11) is 0. The van der Waals surface area contributed by atoms with Crippen LogP contribution in [0.5, 0.6) is 0 Å². The minimum Gasteiger partial charge on any atom is -0.337 e. The molecule has 25 heavy (non-hydrogen) atoms. The predicted octanol–water partition coefficient (Wildman–Crippen LogP) is 2.43. The molecule has 0 radical (unpaired) electrons. The van der Waals surface area contributed by atoms with Crippen LogP contribution in [0, 0.1) is 5.92 Å². The maximum absolute atomic E-state index is 12.6. The molecule has 1 aromatic rings. The maximum Gasteiger partial charge on any atom is 0.390 e. The molecule has 6 nitrogen and oxygen atoms in total. The summed E-state index contributed by atoms with van der Waals surface area (Å²) in [6.07, 6.45) is 0.0529. The number of aromatic nitrogens is 3. The number of piperidine rings is 1. The lowest BCUT2D eigenvalue weighted by molar-refractivity contribution is -0.136. The highest BCUT2D eigenvalue weighted by Gasteiger charge is 2.33. The zero-order chi connectivity index (χ0) is 17.2. The Kier molecular flexibility index (Phi) is 6.67. The first-order valence-corrected chi connectivity index (χ1v) is 8.41. The monoisotopic (exact) mass is 381 g/mol. The van der Waals surface area contributed by atoms with Gasteiger partial charge in [0.1, 0.15) is 0 Å². The first-order valence-electron chi connectivity index (χ1n) is 8.41. The second kappa shape index (κ2) is 8.35. The van der Waals surface area contributed by atoms with Crippen LogP contribution < -0.4 is 5.32 Å². The van der Waals surface area contributed by atoms with Crippen LogP contribution in [0.3, 0.4) is 0 Å². The van der Waals surface area contributed by atoms with Gasteiger partial charge in [0.05, 0.1) is 18.7 Å². The number of hydrogen-bond acceptors (Lipinski definition) is 4. The molecule has 0 bridgehead atoms. The van der Waals surface area contributed by atoms with Crippen LogP contribution in [0.2, 0.25) is 0 Å². The summed E-state index contributed by atoms with van der Waals surface area (Å²) in [6, 6.07) is 0.187. The molecule has 142 valence electrons. The molecule has 1 saturated heterocycles. The molecule has 0 aromatic carbocycles. The number of hydrogen-bond donors (Lipinski definition) is 1. The van der Waals surface area contributed by atoms with E-state index >= 15 is 0 Å². The third-order valence-electron chi connectivity index (χ3n) is 4.54. The summed E-state index contributed by atoms with van der Waals surface area (Å²) in [5.41, 5.74) is 0.136. The van der Waals surface area contributed by atoms with Crippen molar-refractivity contribution < 1.29 is 18.0 Å². The van der Waals surface area contributed by atoms with Crippen molar-refractivity contribution in [2.24, 2.45) is 5.92 Å². The first-order chi connectivity index (χ1) is 11.4. The summed E-state index contributed by atoms with van der Waals surface area (Å²) in [5.74, 6) is -0.131. The number of carbonyl (C=O) groups excluding carboxylic acids is 1. The third kappa shape index (κ3) is 5.85. The van der Waals surface area contributed by atoms with Crippen LogP contribution in [0.25, 0.3) is 0 Å². The van der Waals surface area contributed by atoms with Gasteiger partial charge in [0.25, 0.3) is 5.91 Å². The normalized spacial score (nSPS) is 18.7. The molecule has 2 heterocycles. The lowest BCUT2D eigenvalue weighted by atomic mass is 10.1. The van der Waals surface area contributed by atoms with E-state index in [0.717, 1.165) is 38.8 Å². The van der Waals surface area contributed by atoms with Gasteiger partial charge in [-0.1, -0.05) is 5.21 Å². The lowest BCUT2D eigenvalue weighted by Crippen LogP contribution is -2.36.